The van der Waals surface area contributed by atoms with Crippen LogP contribution in [0.4, 0.5) is 0 Å². The first-order valence-electron chi connectivity index (χ1n) is 6.35. The molecular weight excluding hydrogens is 256 g/mol. The molecule has 0 unspecified atom stereocenters. The fourth-order valence-electron chi connectivity index (χ4n) is 2.24. The van der Waals surface area contributed by atoms with Crippen molar-refractivity contribution in [2.75, 3.05) is 0 Å². The zero-order chi connectivity index (χ0) is 14.9. The molecule has 0 aliphatic heterocycles. The summed E-state index contributed by atoms with van der Waals surface area (Å²) in [6.45, 7) is 5.51. The van der Waals surface area contributed by atoms with Crippen LogP contribution in [0.5, 0.6) is 6.01 Å². The lowest BCUT2D eigenvalue weighted by atomic mass is 9.99. The van der Waals surface area contributed by atoms with E-state index >= 15 is 0 Å². The fourth-order valence-corrected chi connectivity index (χ4v) is 2.24. The number of aryl methyl sites for hydroxylation is 2. The molecule has 5 nitrogen and oxygen atoms in total. The van der Waals surface area contributed by atoms with Crippen LogP contribution >= 0.6 is 0 Å². The standard InChI is InChI=1S/C15H16N2O3/c1-4-11-12(16-15(20)17-14(11)19)13(18)10-6-8(2)5-9(3)7-10/h5-7H,4H2,1-3H3,(H2,16,17,19,20)/p-1. The summed E-state index contributed by atoms with van der Waals surface area (Å²) in [7, 11) is 0. The van der Waals surface area contributed by atoms with Crippen LogP contribution in [0.2, 0.25) is 0 Å². The molecule has 0 radical (unpaired) electrons. The number of carbonyl (C=O) groups is 1. The van der Waals surface area contributed by atoms with Gasteiger partial charge in [0.2, 0.25) is 5.78 Å². The van der Waals surface area contributed by atoms with Crippen molar-refractivity contribution in [2.45, 2.75) is 27.2 Å². The van der Waals surface area contributed by atoms with Crippen molar-refractivity contribution < 1.29 is 9.90 Å². The van der Waals surface area contributed by atoms with E-state index < -0.39 is 17.4 Å². The molecular formula is C15H15N2O3-. The van der Waals surface area contributed by atoms with Crippen molar-refractivity contribution in [3.63, 3.8) is 0 Å². The van der Waals surface area contributed by atoms with E-state index in [-0.39, 0.29) is 11.3 Å². The van der Waals surface area contributed by atoms with Gasteiger partial charge in [0.1, 0.15) is 5.69 Å². The maximum atomic E-state index is 12.5. The van der Waals surface area contributed by atoms with Gasteiger partial charge in [-0.05, 0) is 32.4 Å². The SMILES string of the molecule is CCc1c(C(=O)c2cc(C)cc(C)c2)nc([O-])[nH]c1=O. The third kappa shape index (κ3) is 2.61. The monoisotopic (exact) mass is 271 g/mol. The molecule has 2 rings (SSSR count). The Morgan fingerprint density at radius 3 is 2.40 bits per heavy atom. The van der Waals surface area contributed by atoms with E-state index in [9.17, 15) is 14.7 Å². The Morgan fingerprint density at radius 2 is 1.85 bits per heavy atom. The summed E-state index contributed by atoms with van der Waals surface area (Å²) < 4.78 is 0. The number of hydrogen-bond donors (Lipinski definition) is 1. The Morgan fingerprint density at radius 1 is 1.25 bits per heavy atom. The van der Waals surface area contributed by atoms with Crippen LogP contribution in [0.15, 0.2) is 23.0 Å². The Bertz CT molecular complexity index is 712. The highest BCUT2D eigenvalue weighted by Crippen LogP contribution is 2.15. The molecule has 104 valence electrons. The van der Waals surface area contributed by atoms with Crippen molar-refractivity contribution in [3.05, 3.63) is 56.5 Å². The lowest BCUT2D eigenvalue weighted by Gasteiger charge is -2.11. The molecule has 1 N–H and O–H groups in total. The van der Waals surface area contributed by atoms with Crippen molar-refractivity contribution in [1.82, 2.24) is 9.97 Å². The summed E-state index contributed by atoms with van der Waals surface area (Å²) in [4.78, 5) is 30.0. The van der Waals surface area contributed by atoms with Crippen molar-refractivity contribution in [3.8, 4) is 6.01 Å². The molecule has 5 heteroatoms. The Kier molecular flexibility index (Phi) is 3.70. The molecule has 0 saturated heterocycles. The summed E-state index contributed by atoms with van der Waals surface area (Å²) >= 11 is 0. The van der Waals surface area contributed by atoms with E-state index in [0.29, 0.717) is 12.0 Å². The van der Waals surface area contributed by atoms with Crippen molar-refractivity contribution >= 4 is 5.78 Å². The zero-order valence-electron chi connectivity index (χ0n) is 11.6. The fraction of sp³-hybridized carbons (Fsp3) is 0.267. The molecule has 1 heterocycles. The van der Waals surface area contributed by atoms with E-state index in [1.165, 1.54) is 0 Å². The first-order chi connectivity index (χ1) is 9.42. The van der Waals surface area contributed by atoms with Gasteiger partial charge < -0.3 is 10.1 Å². The van der Waals surface area contributed by atoms with Crippen LogP contribution in [-0.2, 0) is 6.42 Å². The predicted molar refractivity (Wildman–Crippen MR) is 73.0 cm³/mol. The van der Waals surface area contributed by atoms with E-state index in [1.807, 2.05) is 19.9 Å². The van der Waals surface area contributed by atoms with Gasteiger partial charge in [-0.25, -0.2) is 4.98 Å². The number of ketones is 1. The molecule has 0 atom stereocenters. The molecule has 0 amide bonds. The maximum absolute atomic E-state index is 12.5. The van der Waals surface area contributed by atoms with Crippen LogP contribution in [0.1, 0.15) is 39.7 Å². The number of benzene rings is 1. The number of nitrogens with zero attached hydrogens (tertiary/aromatic N) is 1. The highest BCUT2D eigenvalue weighted by molar-refractivity contribution is 6.08. The first kappa shape index (κ1) is 14.0. The number of nitrogens with one attached hydrogen (secondary N) is 1. The maximum Gasteiger partial charge on any atom is 0.254 e. The summed E-state index contributed by atoms with van der Waals surface area (Å²) in [5.74, 6) is -0.392. The second kappa shape index (κ2) is 5.28. The van der Waals surface area contributed by atoms with Crippen molar-refractivity contribution in [1.29, 1.82) is 0 Å². The van der Waals surface area contributed by atoms with Gasteiger partial charge in [0.15, 0.2) is 0 Å². The molecule has 0 saturated carbocycles. The summed E-state index contributed by atoms with van der Waals surface area (Å²) in [5.41, 5.74) is 1.98. The first-order valence-corrected chi connectivity index (χ1v) is 6.35. The van der Waals surface area contributed by atoms with E-state index in [2.05, 4.69) is 9.97 Å². The average Bonchev–Trinajstić information content (AvgIpc) is 2.35. The normalized spacial score (nSPS) is 10.6. The quantitative estimate of drug-likeness (QED) is 0.851. The molecule has 20 heavy (non-hydrogen) atoms. The second-order valence-electron chi connectivity index (χ2n) is 4.76. The van der Waals surface area contributed by atoms with Gasteiger partial charge in [0.05, 0.1) is 6.01 Å². The van der Waals surface area contributed by atoms with Crippen molar-refractivity contribution in [2.24, 2.45) is 0 Å². The second-order valence-corrected chi connectivity index (χ2v) is 4.76. The summed E-state index contributed by atoms with van der Waals surface area (Å²) in [5, 5.41) is 11.3. The van der Waals surface area contributed by atoms with Gasteiger partial charge in [-0.15, -0.1) is 0 Å². The zero-order valence-corrected chi connectivity index (χ0v) is 11.6. The number of carbonyl (C=O) groups excluding carboxylic acids is 1. The topological polar surface area (TPSA) is 85.9 Å². The molecule has 2 aromatic rings. The Balaban J connectivity index is 2.61. The average molecular weight is 271 g/mol. The number of aromatic amines is 1. The molecule has 1 aromatic carbocycles. The van der Waals surface area contributed by atoms with Crippen LogP contribution in [-0.4, -0.2) is 15.8 Å². The minimum Gasteiger partial charge on any atom is -0.846 e. The lowest BCUT2D eigenvalue weighted by Crippen LogP contribution is -2.22. The van der Waals surface area contributed by atoms with Gasteiger partial charge in [-0.3, -0.25) is 9.59 Å². The van der Waals surface area contributed by atoms with Crippen LogP contribution < -0.4 is 10.7 Å². The van der Waals surface area contributed by atoms with Gasteiger partial charge >= 0.3 is 0 Å². The number of rotatable bonds is 3. The van der Waals surface area contributed by atoms with Gasteiger partial charge in [0, 0.05) is 11.1 Å². The van der Waals surface area contributed by atoms with E-state index in [1.54, 1.807) is 19.1 Å². The Hall–Kier alpha value is -2.43. The number of hydrogen-bond acceptors (Lipinski definition) is 4. The van der Waals surface area contributed by atoms with Crippen LogP contribution in [0.3, 0.4) is 0 Å². The predicted octanol–water partition coefficient (Wildman–Crippen LogP) is 1.25. The molecule has 0 bridgehead atoms. The number of aromatic nitrogens is 2. The van der Waals surface area contributed by atoms with Gasteiger partial charge in [-0.1, -0.05) is 24.1 Å². The van der Waals surface area contributed by atoms with E-state index in [4.69, 9.17) is 0 Å². The molecule has 0 spiro atoms. The Labute approximate surface area is 116 Å². The molecule has 0 fully saturated rings. The summed E-state index contributed by atoms with van der Waals surface area (Å²) in [6.07, 6.45) is 0.342. The summed E-state index contributed by atoms with van der Waals surface area (Å²) in [6, 6.07) is 4.60. The molecule has 0 aliphatic carbocycles. The van der Waals surface area contributed by atoms with Gasteiger partial charge in [0.25, 0.3) is 5.56 Å². The largest absolute Gasteiger partial charge is 0.846 e. The minimum absolute atomic E-state index is 0.0498. The van der Waals surface area contributed by atoms with Crippen LogP contribution in [0.25, 0.3) is 0 Å². The number of H-pyrrole nitrogens is 1. The van der Waals surface area contributed by atoms with Crippen LogP contribution in [0, 0.1) is 13.8 Å². The smallest absolute Gasteiger partial charge is 0.254 e. The highest BCUT2D eigenvalue weighted by Gasteiger charge is 2.17. The van der Waals surface area contributed by atoms with E-state index in [0.717, 1.165) is 11.1 Å². The van der Waals surface area contributed by atoms with Gasteiger partial charge in [-0.2, -0.15) is 0 Å². The minimum atomic E-state index is -0.792. The molecule has 0 aliphatic rings. The molecule has 1 aromatic heterocycles. The highest BCUT2D eigenvalue weighted by atomic mass is 16.3. The third-order valence-electron chi connectivity index (χ3n) is 3.05. The third-order valence-corrected chi connectivity index (χ3v) is 3.05. The lowest BCUT2D eigenvalue weighted by molar-refractivity contribution is -0.282.